The lowest BCUT2D eigenvalue weighted by Crippen LogP contribution is -2.29. The molecule has 1 aliphatic heterocycles. The molecule has 2 aliphatic rings. The van der Waals surface area contributed by atoms with Crippen molar-refractivity contribution in [3.05, 3.63) is 88.3 Å². The molecule has 1 aliphatic carbocycles. The van der Waals surface area contributed by atoms with Crippen LogP contribution in [0.1, 0.15) is 54.0 Å². The predicted molar refractivity (Wildman–Crippen MR) is 115 cm³/mol. The summed E-state index contributed by atoms with van der Waals surface area (Å²) in [5.74, 6) is 1.50. The Labute approximate surface area is 175 Å². The van der Waals surface area contributed by atoms with E-state index in [2.05, 4.69) is 22.6 Å². The maximum Gasteiger partial charge on any atom is 0.233 e. The van der Waals surface area contributed by atoms with Crippen molar-refractivity contribution in [3.63, 3.8) is 0 Å². The monoisotopic (exact) mass is 400 g/mol. The molecule has 0 fully saturated rings. The van der Waals surface area contributed by atoms with E-state index in [1.165, 1.54) is 5.56 Å². The van der Waals surface area contributed by atoms with E-state index in [1.807, 2.05) is 56.3 Å². The van der Waals surface area contributed by atoms with Gasteiger partial charge < -0.3 is 14.6 Å². The lowest BCUT2D eigenvalue weighted by molar-refractivity contribution is -0.116. The molecule has 2 atom stereocenters. The Hall–Kier alpha value is -3.34. The summed E-state index contributed by atoms with van der Waals surface area (Å²) in [6, 6.07) is 18.2. The second-order valence-corrected chi connectivity index (χ2v) is 7.87. The number of nitrogens with zero attached hydrogens (tertiary/aromatic N) is 1. The van der Waals surface area contributed by atoms with Crippen molar-refractivity contribution in [1.82, 2.24) is 5.16 Å². The van der Waals surface area contributed by atoms with E-state index in [9.17, 15) is 4.79 Å². The lowest BCUT2D eigenvalue weighted by Gasteiger charge is -2.35. The number of aryl methyl sites for hydroxylation is 1. The number of para-hydroxylation sites is 1. The Balaban J connectivity index is 1.65. The molecule has 2 aromatic carbocycles. The van der Waals surface area contributed by atoms with Crippen LogP contribution in [-0.4, -0.2) is 17.5 Å². The molecule has 5 nitrogen and oxygen atoms in total. The number of nitrogens with one attached hydrogen (secondary N) is 1. The molecule has 1 aromatic heterocycles. The smallest absolute Gasteiger partial charge is 0.233 e. The maximum absolute atomic E-state index is 13.5. The summed E-state index contributed by atoms with van der Waals surface area (Å²) < 4.78 is 11.5. The third-order valence-corrected chi connectivity index (χ3v) is 6.06. The van der Waals surface area contributed by atoms with Crippen molar-refractivity contribution in [2.75, 3.05) is 11.9 Å². The number of hydrogen-bond donors (Lipinski definition) is 1. The highest BCUT2D eigenvalue weighted by atomic mass is 16.5. The van der Waals surface area contributed by atoms with Crippen molar-refractivity contribution in [2.45, 2.75) is 38.5 Å². The fraction of sp³-hybridized carbons (Fsp3) is 0.280. The SMILES string of the molecule is CCOc1ccccc1[C@H]1C2=C(C[C@H](c3ccccc3)CC2=O)Nc2onc(C)c21. The maximum atomic E-state index is 13.5. The van der Waals surface area contributed by atoms with Crippen molar-refractivity contribution in [3.8, 4) is 5.75 Å². The average Bonchev–Trinajstić information content (AvgIpc) is 3.14. The molecule has 30 heavy (non-hydrogen) atoms. The number of anilines is 1. The normalized spacial score (nSPS) is 20.4. The zero-order valence-corrected chi connectivity index (χ0v) is 17.1. The van der Waals surface area contributed by atoms with E-state index in [1.54, 1.807) is 0 Å². The van der Waals surface area contributed by atoms with Crippen LogP contribution < -0.4 is 10.1 Å². The van der Waals surface area contributed by atoms with Gasteiger partial charge in [0.05, 0.1) is 23.8 Å². The summed E-state index contributed by atoms with van der Waals surface area (Å²) in [5.41, 5.74) is 5.62. The number of ether oxygens (including phenoxy) is 1. The number of rotatable bonds is 4. The Morgan fingerprint density at radius 2 is 1.87 bits per heavy atom. The molecule has 0 saturated carbocycles. The molecule has 0 saturated heterocycles. The zero-order chi connectivity index (χ0) is 20.7. The van der Waals surface area contributed by atoms with Gasteiger partial charge in [-0.3, -0.25) is 4.79 Å². The standard InChI is InChI=1S/C25H24N2O3/c1-3-29-21-12-8-7-11-18(21)23-22-15(2)27-30-25(22)26-19-13-17(14-20(28)24(19)23)16-9-5-4-6-10-16/h4-12,17,23,26H,3,13-14H2,1-2H3/t17-,23+/m0/s1. The van der Waals surface area contributed by atoms with Crippen molar-refractivity contribution < 1.29 is 14.1 Å². The molecule has 152 valence electrons. The third kappa shape index (κ3) is 3.02. The minimum absolute atomic E-state index is 0.151. The van der Waals surface area contributed by atoms with Crippen LogP contribution in [0.5, 0.6) is 5.75 Å². The topological polar surface area (TPSA) is 64.4 Å². The first-order chi connectivity index (χ1) is 14.7. The van der Waals surface area contributed by atoms with Crippen LogP contribution >= 0.6 is 0 Å². The van der Waals surface area contributed by atoms with Crippen LogP contribution in [0.15, 0.2) is 70.4 Å². The molecule has 3 aromatic rings. The van der Waals surface area contributed by atoms with Crippen LogP contribution in [-0.2, 0) is 4.79 Å². The number of aromatic nitrogens is 1. The molecule has 1 N–H and O–H groups in total. The Morgan fingerprint density at radius 3 is 2.67 bits per heavy atom. The van der Waals surface area contributed by atoms with Crippen molar-refractivity contribution in [1.29, 1.82) is 0 Å². The number of carbonyl (C=O) groups excluding carboxylic acids is 1. The Bertz CT molecular complexity index is 1130. The number of hydrogen-bond acceptors (Lipinski definition) is 5. The molecule has 0 unspecified atom stereocenters. The van der Waals surface area contributed by atoms with Crippen LogP contribution in [0.3, 0.4) is 0 Å². The van der Waals surface area contributed by atoms with E-state index in [0.29, 0.717) is 18.9 Å². The Kier molecular flexibility index (Phi) is 4.66. The highest BCUT2D eigenvalue weighted by molar-refractivity contribution is 6.01. The molecule has 2 heterocycles. The van der Waals surface area contributed by atoms with Gasteiger partial charge in [0.2, 0.25) is 5.88 Å². The molecule has 0 amide bonds. The summed E-state index contributed by atoms with van der Waals surface area (Å²) in [6.45, 7) is 4.45. The van der Waals surface area contributed by atoms with E-state index in [0.717, 1.165) is 40.3 Å². The van der Waals surface area contributed by atoms with Crippen LogP contribution in [0.2, 0.25) is 0 Å². The van der Waals surface area contributed by atoms with Crippen LogP contribution in [0.25, 0.3) is 0 Å². The first-order valence-corrected chi connectivity index (χ1v) is 10.4. The van der Waals surface area contributed by atoms with Crippen molar-refractivity contribution in [2.24, 2.45) is 0 Å². The van der Waals surface area contributed by atoms with Gasteiger partial charge in [-0.25, -0.2) is 0 Å². The molecular weight excluding hydrogens is 376 g/mol. The van der Waals surface area contributed by atoms with E-state index in [-0.39, 0.29) is 17.6 Å². The number of carbonyl (C=O) groups is 1. The predicted octanol–water partition coefficient (Wildman–Crippen LogP) is 5.34. The first-order valence-electron chi connectivity index (χ1n) is 10.4. The third-order valence-electron chi connectivity index (χ3n) is 6.06. The quantitative estimate of drug-likeness (QED) is 0.640. The van der Waals surface area contributed by atoms with Gasteiger partial charge in [0, 0.05) is 23.3 Å². The minimum Gasteiger partial charge on any atom is -0.494 e. The number of ketones is 1. The van der Waals surface area contributed by atoms with Gasteiger partial charge in [-0.1, -0.05) is 53.7 Å². The molecule has 0 bridgehead atoms. The number of benzene rings is 2. The number of allylic oxidation sites excluding steroid dienone is 2. The van der Waals surface area contributed by atoms with E-state index >= 15 is 0 Å². The molecular formula is C25H24N2O3. The first kappa shape index (κ1) is 18.7. The second-order valence-electron chi connectivity index (χ2n) is 7.87. The fourth-order valence-corrected chi connectivity index (χ4v) is 4.75. The largest absolute Gasteiger partial charge is 0.494 e. The average molecular weight is 400 g/mol. The summed E-state index contributed by atoms with van der Waals surface area (Å²) in [7, 11) is 0. The van der Waals surface area contributed by atoms with Crippen LogP contribution in [0, 0.1) is 6.92 Å². The summed E-state index contributed by atoms with van der Waals surface area (Å²) in [6.07, 6.45) is 1.26. The van der Waals surface area contributed by atoms with Gasteiger partial charge in [0.25, 0.3) is 0 Å². The summed E-state index contributed by atoms with van der Waals surface area (Å²) >= 11 is 0. The van der Waals surface area contributed by atoms with Gasteiger partial charge in [-0.05, 0) is 37.8 Å². The van der Waals surface area contributed by atoms with Crippen molar-refractivity contribution >= 4 is 11.7 Å². The minimum atomic E-state index is -0.241. The number of Topliss-reactive ketones (excluding diaryl/α,β-unsaturated/α-hetero) is 1. The van der Waals surface area contributed by atoms with E-state index < -0.39 is 0 Å². The van der Waals surface area contributed by atoms with Crippen LogP contribution in [0.4, 0.5) is 5.88 Å². The second kappa shape index (κ2) is 7.48. The molecule has 5 rings (SSSR count). The summed E-state index contributed by atoms with van der Waals surface area (Å²) in [4.78, 5) is 13.5. The lowest BCUT2D eigenvalue weighted by atomic mass is 9.72. The highest BCUT2D eigenvalue weighted by Crippen LogP contribution is 2.50. The van der Waals surface area contributed by atoms with Gasteiger partial charge in [-0.2, -0.15) is 0 Å². The number of fused-ring (bicyclic) bond motifs is 1. The molecule has 0 radical (unpaired) electrons. The van der Waals surface area contributed by atoms with Gasteiger partial charge >= 0.3 is 0 Å². The van der Waals surface area contributed by atoms with E-state index in [4.69, 9.17) is 9.26 Å². The Morgan fingerprint density at radius 1 is 1.10 bits per heavy atom. The molecule has 5 heteroatoms. The molecule has 0 spiro atoms. The summed E-state index contributed by atoms with van der Waals surface area (Å²) in [5, 5.41) is 7.58. The fourth-order valence-electron chi connectivity index (χ4n) is 4.75. The van der Waals surface area contributed by atoms with Gasteiger partial charge in [-0.15, -0.1) is 0 Å². The zero-order valence-electron chi connectivity index (χ0n) is 17.1. The van der Waals surface area contributed by atoms with Gasteiger partial charge in [0.1, 0.15) is 5.75 Å². The highest BCUT2D eigenvalue weighted by Gasteiger charge is 2.42. The van der Waals surface area contributed by atoms with Gasteiger partial charge in [0.15, 0.2) is 5.78 Å².